The third-order valence-electron chi connectivity index (χ3n) is 3.11. The number of nitriles is 1. The Bertz CT molecular complexity index is 647. The molecule has 2 rings (SSSR count). The molecular weight excluding hydrogens is 282 g/mol. The second-order valence-corrected chi connectivity index (χ2v) is 5.70. The number of methoxy groups -OCH3 is 2. The van der Waals surface area contributed by atoms with Gasteiger partial charge >= 0.3 is 0 Å². The highest BCUT2D eigenvalue weighted by atomic mass is 32.2. The highest BCUT2D eigenvalue weighted by Gasteiger charge is 2.19. The van der Waals surface area contributed by atoms with Gasteiger partial charge in [0.25, 0.3) is 0 Å². The van der Waals surface area contributed by atoms with Crippen molar-refractivity contribution in [2.45, 2.75) is 17.1 Å². The fourth-order valence-corrected chi connectivity index (χ4v) is 2.96. The molecule has 0 bridgehead atoms. The van der Waals surface area contributed by atoms with Crippen LogP contribution in [-0.4, -0.2) is 14.2 Å². The van der Waals surface area contributed by atoms with Crippen LogP contribution in [0, 0.1) is 18.3 Å². The van der Waals surface area contributed by atoms with Crippen molar-refractivity contribution < 1.29 is 9.47 Å². The fourth-order valence-electron chi connectivity index (χ4n) is 2.03. The summed E-state index contributed by atoms with van der Waals surface area (Å²) < 4.78 is 10.7. The molecule has 1 unspecified atom stereocenters. The average molecular weight is 299 g/mol. The van der Waals surface area contributed by atoms with Crippen LogP contribution in [0.25, 0.3) is 0 Å². The Balaban J connectivity index is 2.34. The first-order valence-electron chi connectivity index (χ1n) is 6.53. The van der Waals surface area contributed by atoms with Crippen molar-refractivity contribution in [1.82, 2.24) is 0 Å². The number of ether oxygens (including phenoxy) is 2. The number of rotatable bonds is 5. The Morgan fingerprint density at radius 3 is 2.33 bits per heavy atom. The summed E-state index contributed by atoms with van der Waals surface area (Å²) in [5.41, 5.74) is 2.02. The van der Waals surface area contributed by atoms with Crippen LogP contribution in [-0.2, 0) is 0 Å². The van der Waals surface area contributed by atoms with Crippen LogP contribution in [0.4, 0.5) is 0 Å². The molecule has 0 radical (unpaired) electrons. The molecule has 0 fully saturated rings. The van der Waals surface area contributed by atoms with Gasteiger partial charge in [0.15, 0.2) is 11.5 Å². The second-order valence-electron chi connectivity index (χ2n) is 4.52. The fraction of sp³-hybridized carbons (Fsp3) is 0.235. The molecule has 3 nitrogen and oxygen atoms in total. The van der Waals surface area contributed by atoms with Gasteiger partial charge in [0, 0.05) is 10.5 Å². The quantitative estimate of drug-likeness (QED) is 0.769. The third-order valence-corrected chi connectivity index (χ3v) is 4.25. The molecule has 0 spiro atoms. The van der Waals surface area contributed by atoms with Crippen LogP contribution in [0.3, 0.4) is 0 Å². The van der Waals surface area contributed by atoms with Crippen LogP contribution in [0.5, 0.6) is 11.5 Å². The van der Waals surface area contributed by atoms with Crippen molar-refractivity contribution in [3.05, 3.63) is 53.6 Å². The van der Waals surface area contributed by atoms with Crippen molar-refractivity contribution in [3.8, 4) is 17.6 Å². The minimum absolute atomic E-state index is 0.349. The molecule has 108 valence electrons. The number of hydrogen-bond donors (Lipinski definition) is 0. The lowest BCUT2D eigenvalue weighted by Gasteiger charge is -2.16. The van der Waals surface area contributed by atoms with Gasteiger partial charge in [0.05, 0.1) is 20.3 Å². The molecule has 0 saturated carbocycles. The van der Waals surface area contributed by atoms with E-state index in [4.69, 9.17) is 9.47 Å². The van der Waals surface area contributed by atoms with Gasteiger partial charge in [-0.2, -0.15) is 5.26 Å². The molecule has 0 saturated heterocycles. The van der Waals surface area contributed by atoms with E-state index in [9.17, 15) is 5.26 Å². The molecule has 4 heteroatoms. The number of hydrogen-bond acceptors (Lipinski definition) is 4. The maximum absolute atomic E-state index is 9.51. The lowest BCUT2D eigenvalue weighted by Crippen LogP contribution is -1.98. The monoisotopic (exact) mass is 299 g/mol. The average Bonchev–Trinajstić information content (AvgIpc) is 2.53. The highest BCUT2D eigenvalue weighted by molar-refractivity contribution is 7.99. The summed E-state index contributed by atoms with van der Waals surface area (Å²) in [5.74, 6) is 1.26. The van der Waals surface area contributed by atoms with Crippen LogP contribution >= 0.6 is 11.8 Å². The Morgan fingerprint density at radius 1 is 1.05 bits per heavy atom. The van der Waals surface area contributed by atoms with Gasteiger partial charge in [-0.15, -0.1) is 11.8 Å². The van der Waals surface area contributed by atoms with E-state index < -0.39 is 0 Å². The van der Waals surface area contributed by atoms with Crippen LogP contribution in [0.1, 0.15) is 16.4 Å². The van der Waals surface area contributed by atoms with Crippen LogP contribution < -0.4 is 9.47 Å². The summed E-state index contributed by atoms with van der Waals surface area (Å²) in [5, 5.41) is 9.16. The van der Waals surface area contributed by atoms with Gasteiger partial charge < -0.3 is 9.47 Å². The summed E-state index contributed by atoms with van der Waals surface area (Å²) in [4.78, 5) is 1.05. The first-order valence-corrected chi connectivity index (χ1v) is 7.41. The Hall–Kier alpha value is -2.12. The molecule has 2 aromatic carbocycles. The van der Waals surface area contributed by atoms with E-state index in [2.05, 4.69) is 6.07 Å². The largest absolute Gasteiger partial charge is 0.493 e. The molecule has 0 aliphatic heterocycles. The van der Waals surface area contributed by atoms with Crippen molar-refractivity contribution in [2.75, 3.05) is 14.2 Å². The highest BCUT2D eigenvalue weighted by Crippen LogP contribution is 2.42. The van der Waals surface area contributed by atoms with E-state index in [1.54, 1.807) is 14.2 Å². The van der Waals surface area contributed by atoms with Gasteiger partial charge in [0.1, 0.15) is 5.25 Å². The smallest absolute Gasteiger partial charge is 0.166 e. The van der Waals surface area contributed by atoms with Gasteiger partial charge in [-0.3, -0.25) is 0 Å². The van der Waals surface area contributed by atoms with Crippen molar-refractivity contribution in [2.24, 2.45) is 0 Å². The zero-order chi connectivity index (χ0) is 15.2. The molecule has 0 aliphatic rings. The SMILES string of the molecule is COc1cccc(C(C#N)Sc2ccc(C)cc2)c1OC. The van der Waals surface area contributed by atoms with Crippen LogP contribution in [0.15, 0.2) is 47.4 Å². The van der Waals surface area contributed by atoms with Gasteiger partial charge in [0.2, 0.25) is 0 Å². The van der Waals surface area contributed by atoms with E-state index in [-0.39, 0.29) is 5.25 Å². The Morgan fingerprint density at radius 2 is 1.76 bits per heavy atom. The Kier molecular flexibility index (Phi) is 5.13. The summed E-state index contributed by atoms with van der Waals surface area (Å²) in [6.07, 6.45) is 0. The lowest BCUT2D eigenvalue weighted by atomic mass is 10.1. The molecule has 2 aromatic rings. The first kappa shape index (κ1) is 15.3. The normalized spacial score (nSPS) is 11.5. The summed E-state index contributed by atoms with van der Waals surface area (Å²) in [7, 11) is 3.18. The van der Waals surface area contributed by atoms with Gasteiger partial charge in [-0.25, -0.2) is 0 Å². The molecule has 1 atom stereocenters. The van der Waals surface area contributed by atoms with Gasteiger partial charge in [-0.05, 0) is 25.1 Å². The lowest BCUT2D eigenvalue weighted by molar-refractivity contribution is 0.352. The van der Waals surface area contributed by atoms with E-state index in [1.165, 1.54) is 17.3 Å². The number of benzene rings is 2. The van der Waals surface area contributed by atoms with Crippen LogP contribution in [0.2, 0.25) is 0 Å². The van der Waals surface area contributed by atoms with E-state index >= 15 is 0 Å². The summed E-state index contributed by atoms with van der Waals surface area (Å²) >= 11 is 1.50. The standard InChI is InChI=1S/C17H17NO2S/c1-12-7-9-13(10-8-12)21-16(11-18)14-5-4-6-15(19-2)17(14)20-3/h4-10,16H,1-3H3. The van der Waals surface area contributed by atoms with E-state index in [0.29, 0.717) is 11.5 Å². The van der Waals surface area contributed by atoms with Gasteiger partial charge in [-0.1, -0.05) is 29.8 Å². The van der Waals surface area contributed by atoms with E-state index in [1.807, 2.05) is 49.4 Å². The zero-order valence-electron chi connectivity index (χ0n) is 12.3. The Labute approximate surface area is 129 Å². The van der Waals surface area contributed by atoms with E-state index in [0.717, 1.165) is 10.5 Å². The second kappa shape index (κ2) is 7.05. The third kappa shape index (κ3) is 3.50. The maximum atomic E-state index is 9.51. The predicted molar refractivity (Wildman–Crippen MR) is 84.9 cm³/mol. The number of nitrogens with zero attached hydrogens (tertiary/aromatic N) is 1. The maximum Gasteiger partial charge on any atom is 0.166 e. The number of para-hydroxylation sites is 1. The van der Waals surface area contributed by atoms with Crippen molar-refractivity contribution in [3.63, 3.8) is 0 Å². The molecule has 0 amide bonds. The zero-order valence-corrected chi connectivity index (χ0v) is 13.1. The van der Waals surface area contributed by atoms with Crippen molar-refractivity contribution >= 4 is 11.8 Å². The summed E-state index contributed by atoms with van der Waals surface area (Å²) in [6, 6.07) is 16.1. The molecule has 0 aromatic heterocycles. The topological polar surface area (TPSA) is 42.2 Å². The number of thioether (sulfide) groups is 1. The molecule has 0 heterocycles. The molecular formula is C17H17NO2S. The minimum Gasteiger partial charge on any atom is -0.493 e. The molecule has 0 N–H and O–H groups in total. The number of aryl methyl sites for hydroxylation is 1. The predicted octanol–water partition coefficient (Wildman–Crippen LogP) is 4.37. The molecule has 21 heavy (non-hydrogen) atoms. The summed E-state index contributed by atoms with van der Waals surface area (Å²) in [6.45, 7) is 2.04. The first-order chi connectivity index (χ1) is 10.2. The minimum atomic E-state index is -0.349. The van der Waals surface area contributed by atoms with Crippen molar-refractivity contribution in [1.29, 1.82) is 5.26 Å². The molecule has 0 aliphatic carbocycles.